The van der Waals surface area contributed by atoms with Crippen molar-refractivity contribution in [2.24, 2.45) is 0 Å². The van der Waals surface area contributed by atoms with E-state index in [2.05, 4.69) is 25.2 Å². The molecule has 0 spiro atoms. The van der Waals surface area contributed by atoms with Gasteiger partial charge in [-0.25, -0.2) is 0 Å². The van der Waals surface area contributed by atoms with Gasteiger partial charge in [0.1, 0.15) is 11.5 Å². The van der Waals surface area contributed by atoms with Crippen molar-refractivity contribution in [1.29, 1.82) is 0 Å². The largest absolute Gasteiger partial charge is 0.497 e. The number of ether oxygens (including phenoxy) is 2. The molecule has 0 amide bonds. The van der Waals surface area contributed by atoms with Gasteiger partial charge in [-0.2, -0.15) is 0 Å². The maximum atomic E-state index is 5.47. The second-order valence-electron chi connectivity index (χ2n) is 4.51. The molecule has 3 nitrogen and oxygen atoms in total. The van der Waals surface area contributed by atoms with Crippen LogP contribution in [0.3, 0.4) is 0 Å². The van der Waals surface area contributed by atoms with Gasteiger partial charge < -0.3 is 14.8 Å². The van der Waals surface area contributed by atoms with Crippen molar-refractivity contribution < 1.29 is 9.47 Å². The van der Waals surface area contributed by atoms with E-state index < -0.39 is 0 Å². The van der Waals surface area contributed by atoms with Gasteiger partial charge in [-0.15, -0.1) is 0 Å². The summed E-state index contributed by atoms with van der Waals surface area (Å²) >= 11 is 0. The Balaban J connectivity index is 3.19. The van der Waals surface area contributed by atoms with Gasteiger partial charge in [0, 0.05) is 23.6 Å². The highest BCUT2D eigenvalue weighted by Crippen LogP contribution is 2.36. The Labute approximate surface area is 104 Å². The predicted molar refractivity (Wildman–Crippen MR) is 71.1 cm³/mol. The first-order valence-electron chi connectivity index (χ1n) is 5.98. The number of rotatable bonds is 6. The molecule has 0 radical (unpaired) electrons. The lowest BCUT2D eigenvalue weighted by molar-refractivity contribution is 0.365. The maximum absolute atomic E-state index is 5.47. The molecule has 0 aliphatic rings. The van der Waals surface area contributed by atoms with E-state index in [1.54, 1.807) is 14.2 Å². The van der Waals surface area contributed by atoms with E-state index in [0.29, 0.717) is 0 Å². The van der Waals surface area contributed by atoms with E-state index in [4.69, 9.17) is 9.47 Å². The topological polar surface area (TPSA) is 30.5 Å². The van der Waals surface area contributed by atoms with E-state index in [-0.39, 0.29) is 5.41 Å². The van der Waals surface area contributed by atoms with E-state index >= 15 is 0 Å². The second-order valence-corrected chi connectivity index (χ2v) is 4.51. The molecular weight excluding hydrogens is 214 g/mol. The average Bonchev–Trinajstić information content (AvgIpc) is 2.38. The first-order chi connectivity index (χ1) is 8.11. The van der Waals surface area contributed by atoms with Gasteiger partial charge >= 0.3 is 0 Å². The van der Waals surface area contributed by atoms with Crippen LogP contribution in [0.4, 0.5) is 0 Å². The van der Waals surface area contributed by atoms with Crippen LogP contribution in [0.2, 0.25) is 0 Å². The van der Waals surface area contributed by atoms with Crippen LogP contribution in [0.1, 0.15) is 25.8 Å². The lowest BCUT2D eigenvalue weighted by atomic mass is 9.79. The summed E-state index contributed by atoms with van der Waals surface area (Å²) in [6, 6.07) is 6.03. The molecule has 0 heterocycles. The summed E-state index contributed by atoms with van der Waals surface area (Å²) in [5.74, 6) is 1.72. The van der Waals surface area contributed by atoms with Crippen LogP contribution >= 0.6 is 0 Å². The molecule has 1 atom stereocenters. The summed E-state index contributed by atoms with van der Waals surface area (Å²) in [4.78, 5) is 0. The minimum absolute atomic E-state index is 0.0758. The molecule has 0 aromatic heterocycles. The summed E-state index contributed by atoms with van der Waals surface area (Å²) in [5, 5.41) is 3.25. The lowest BCUT2D eigenvalue weighted by Crippen LogP contribution is -2.33. The molecule has 1 rings (SSSR count). The standard InChI is InChI=1S/C14H23NO2/c1-6-14(2,10-15-3)12-8-7-11(16-4)9-13(12)17-5/h7-9,15H,6,10H2,1-5H3. The number of nitrogens with one attached hydrogen (secondary N) is 1. The minimum Gasteiger partial charge on any atom is -0.497 e. The number of hydrogen-bond acceptors (Lipinski definition) is 3. The monoisotopic (exact) mass is 237 g/mol. The highest BCUT2D eigenvalue weighted by molar-refractivity contribution is 5.45. The molecule has 96 valence electrons. The molecule has 0 saturated carbocycles. The first-order valence-corrected chi connectivity index (χ1v) is 5.98. The van der Waals surface area contributed by atoms with Crippen molar-refractivity contribution in [3.8, 4) is 11.5 Å². The molecule has 1 N–H and O–H groups in total. The zero-order chi connectivity index (χ0) is 12.9. The van der Waals surface area contributed by atoms with Gasteiger partial charge in [0.05, 0.1) is 14.2 Å². The third-order valence-electron chi connectivity index (χ3n) is 3.41. The summed E-state index contributed by atoms with van der Waals surface area (Å²) < 4.78 is 10.7. The van der Waals surface area contributed by atoms with E-state index in [9.17, 15) is 0 Å². The van der Waals surface area contributed by atoms with Crippen LogP contribution in [0.5, 0.6) is 11.5 Å². The summed E-state index contributed by atoms with van der Waals surface area (Å²) in [5.41, 5.74) is 1.30. The molecular formula is C14H23NO2. The fraction of sp³-hybridized carbons (Fsp3) is 0.571. The van der Waals surface area contributed by atoms with Gasteiger partial charge in [-0.3, -0.25) is 0 Å². The zero-order valence-corrected chi connectivity index (χ0v) is 11.5. The van der Waals surface area contributed by atoms with E-state index in [1.807, 2.05) is 19.2 Å². The highest BCUT2D eigenvalue weighted by atomic mass is 16.5. The average molecular weight is 237 g/mol. The SMILES string of the molecule is CCC(C)(CNC)c1ccc(OC)cc1OC. The van der Waals surface area contributed by atoms with Crippen molar-refractivity contribution in [1.82, 2.24) is 5.32 Å². The van der Waals surface area contributed by atoms with Gasteiger partial charge in [0.25, 0.3) is 0 Å². The van der Waals surface area contributed by atoms with Crippen LogP contribution < -0.4 is 14.8 Å². The smallest absolute Gasteiger partial charge is 0.126 e. The predicted octanol–water partition coefficient (Wildman–Crippen LogP) is 2.59. The Kier molecular flexibility index (Phi) is 4.82. The Hall–Kier alpha value is -1.22. The Morgan fingerprint density at radius 2 is 1.94 bits per heavy atom. The quantitative estimate of drug-likeness (QED) is 0.825. The van der Waals surface area contributed by atoms with Gasteiger partial charge in [0.2, 0.25) is 0 Å². The molecule has 0 bridgehead atoms. The van der Waals surface area contributed by atoms with Gasteiger partial charge in [-0.05, 0) is 19.5 Å². The summed E-state index contributed by atoms with van der Waals surface area (Å²) in [6.45, 7) is 5.36. The second kappa shape index (κ2) is 5.92. The van der Waals surface area contributed by atoms with Crippen molar-refractivity contribution in [2.75, 3.05) is 27.8 Å². The third kappa shape index (κ3) is 2.91. The molecule has 0 aliphatic heterocycles. The number of methoxy groups -OCH3 is 2. The van der Waals surface area contributed by atoms with Crippen molar-refractivity contribution in [3.05, 3.63) is 23.8 Å². The zero-order valence-electron chi connectivity index (χ0n) is 11.5. The molecule has 0 aliphatic carbocycles. The molecule has 0 saturated heterocycles. The van der Waals surface area contributed by atoms with Crippen LogP contribution in [0.25, 0.3) is 0 Å². The van der Waals surface area contributed by atoms with E-state index in [1.165, 1.54) is 5.56 Å². The molecule has 17 heavy (non-hydrogen) atoms. The summed E-state index contributed by atoms with van der Waals surface area (Å²) in [7, 11) is 5.35. The molecule has 1 aromatic carbocycles. The van der Waals surface area contributed by atoms with Crippen molar-refractivity contribution in [2.45, 2.75) is 25.7 Å². The fourth-order valence-electron chi connectivity index (χ4n) is 2.10. The normalized spacial score (nSPS) is 14.2. The Morgan fingerprint density at radius 1 is 1.24 bits per heavy atom. The lowest BCUT2D eigenvalue weighted by Gasteiger charge is -2.30. The van der Waals surface area contributed by atoms with Crippen LogP contribution in [0.15, 0.2) is 18.2 Å². The number of likely N-dealkylation sites (N-methyl/N-ethyl adjacent to an activating group) is 1. The van der Waals surface area contributed by atoms with E-state index in [0.717, 1.165) is 24.5 Å². The fourth-order valence-corrected chi connectivity index (χ4v) is 2.10. The first kappa shape index (κ1) is 13.8. The maximum Gasteiger partial charge on any atom is 0.126 e. The number of hydrogen-bond donors (Lipinski definition) is 1. The molecule has 1 aromatic rings. The number of benzene rings is 1. The van der Waals surface area contributed by atoms with Crippen molar-refractivity contribution >= 4 is 0 Å². The molecule has 1 unspecified atom stereocenters. The van der Waals surface area contributed by atoms with Crippen LogP contribution in [0, 0.1) is 0 Å². The van der Waals surface area contributed by atoms with Crippen LogP contribution in [-0.2, 0) is 5.41 Å². The molecule has 3 heteroatoms. The van der Waals surface area contributed by atoms with Gasteiger partial charge in [0.15, 0.2) is 0 Å². The van der Waals surface area contributed by atoms with Crippen molar-refractivity contribution in [3.63, 3.8) is 0 Å². The molecule has 0 fully saturated rings. The highest BCUT2D eigenvalue weighted by Gasteiger charge is 2.27. The van der Waals surface area contributed by atoms with Crippen LogP contribution in [-0.4, -0.2) is 27.8 Å². The third-order valence-corrected chi connectivity index (χ3v) is 3.41. The van der Waals surface area contributed by atoms with Gasteiger partial charge in [-0.1, -0.05) is 19.9 Å². The Bertz CT molecular complexity index is 365. The Morgan fingerprint density at radius 3 is 2.41 bits per heavy atom. The summed E-state index contributed by atoms with van der Waals surface area (Å²) in [6.07, 6.45) is 1.05. The minimum atomic E-state index is 0.0758.